The smallest absolute Gasteiger partial charge is 0.236 e. The Balaban J connectivity index is 1.70. The van der Waals surface area contributed by atoms with Crippen molar-refractivity contribution in [3.8, 4) is 11.4 Å². The number of benzene rings is 1. The second-order valence-electron chi connectivity index (χ2n) is 5.53. The summed E-state index contributed by atoms with van der Waals surface area (Å²) in [7, 11) is 0. The predicted octanol–water partition coefficient (Wildman–Crippen LogP) is 3.91. The normalized spacial score (nSPS) is 10.9. The van der Waals surface area contributed by atoms with Crippen molar-refractivity contribution in [2.45, 2.75) is 32.5 Å². The van der Waals surface area contributed by atoms with Gasteiger partial charge in [-0.15, -0.1) is 21.5 Å². The number of amides is 1. The summed E-state index contributed by atoms with van der Waals surface area (Å²) in [6.45, 7) is 6.38. The molecular formula is C17H18FN5OS2. The van der Waals surface area contributed by atoms with Crippen LogP contribution in [0.25, 0.3) is 11.4 Å². The van der Waals surface area contributed by atoms with Crippen LogP contribution < -0.4 is 5.32 Å². The summed E-state index contributed by atoms with van der Waals surface area (Å²) in [6.07, 6.45) is 0. The monoisotopic (exact) mass is 391 g/mol. The Morgan fingerprint density at radius 1 is 1.31 bits per heavy atom. The topological polar surface area (TPSA) is 72.7 Å². The van der Waals surface area contributed by atoms with Gasteiger partial charge in [-0.25, -0.2) is 9.37 Å². The minimum absolute atomic E-state index is 0.165. The number of hydrogen-bond acceptors (Lipinski definition) is 6. The lowest BCUT2D eigenvalue weighted by molar-refractivity contribution is -0.113. The van der Waals surface area contributed by atoms with Crippen molar-refractivity contribution in [1.29, 1.82) is 0 Å². The van der Waals surface area contributed by atoms with Gasteiger partial charge in [0.1, 0.15) is 5.82 Å². The minimum atomic E-state index is -0.349. The summed E-state index contributed by atoms with van der Waals surface area (Å²) < 4.78 is 15.8. The number of aromatic nitrogens is 4. The highest BCUT2D eigenvalue weighted by Gasteiger charge is 2.17. The van der Waals surface area contributed by atoms with Crippen molar-refractivity contribution >= 4 is 34.1 Å². The third-order valence-corrected chi connectivity index (χ3v) is 5.71. The van der Waals surface area contributed by atoms with E-state index in [9.17, 15) is 9.18 Å². The molecule has 0 aliphatic heterocycles. The zero-order chi connectivity index (χ0) is 18.7. The Bertz CT molecular complexity index is 918. The standard InChI is InChI=1S/C17H18FN5OS2/c1-4-23-15(12-7-5-6-8-13(12)18)21-22-17(23)25-9-14(24)20-16-19-10(2)11(3)26-16/h5-8H,4,9H2,1-3H3,(H,19,20,24). The molecular weight excluding hydrogens is 373 g/mol. The fourth-order valence-corrected chi connectivity index (χ4v) is 3.97. The highest BCUT2D eigenvalue weighted by Crippen LogP contribution is 2.26. The van der Waals surface area contributed by atoms with E-state index in [1.807, 2.05) is 20.8 Å². The molecule has 1 aromatic carbocycles. The molecule has 0 aliphatic carbocycles. The summed E-state index contributed by atoms with van der Waals surface area (Å²) in [5, 5.41) is 12.2. The molecule has 9 heteroatoms. The first-order valence-electron chi connectivity index (χ1n) is 8.04. The van der Waals surface area contributed by atoms with Gasteiger partial charge in [0.15, 0.2) is 16.1 Å². The van der Waals surface area contributed by atoms with E-state index in [0.717, 1.165) is 10.6 Å². The SMILES string of the molecule is CCn1c(SCC(=O)Nc2nc(C)c(C)s2)nnc1-c1ccccc1F. The second-order valence-corrected chi connectivity index (χ2v) is 7.67. The summed E-state index contributed by atoms with van der Waals surface area (Å²) in [5.41, 5.74) is 1.31. The van der Waals surface area contributed by atoms with Crippen LogP contribution in [0.4, 0.5) is 9.52 Å². The molecule has 6 nitrogen and oxygen atoms in total. The maximum absolute atomic E-state index is 14.0. The van der Waals surface area contributed by atoms with E-state index in [4.69, 9.17) is 0 Å². The van der Waals surface area contributed by atoms with E-state index >= 15 is 0 Å². The first-order valence-corrected chi connectivity index (χ1v) is 9.84. The molecule has 2 aromatic heterocycles. The van der Waals surface area contributed by atoms with Gasteiger partial charge in [0.25, 0.3) is 0 Å². The molecule has 0 spiro atoms. The average Bonchev–Trinajstić information content (AvgIpc) is 3.16. The molecule has 0 saturated heterocycles. The maximum atomic E-state index is 14.0. The van der Waals surface area contributed by atoms with E-state index < -0.39 is 0 Å². The van der Waals surface area contributed by atoms with Crippen molar-refractivity contribution < 1.29 is 9.18 Å². The Kier molecular flexibility index (Phi) is 5.67. The average molecular weight is 391 g/mol. The Labute approximate surface area is 158 Å². The predicted molar refractivity (Wildman–Crippen MR) is 102 cm³/mol. The number of carbonyl (C=O) groups is 1. The molecule has 0 saturated carbocycles. The van der Waals surface area contributed by atoms with Gasteiger partial charge in [-0.3, -0.25) is 4.79 Å². The number of rotatable bonds is 6. The molecule has 0 aliphatic rings. The molecule has 1 N–H and O–H groups in total. The van der Waals surface area contributed by atoms with Gasteiger partial charge in [-0.2, -0.15) is 0 Å². The number of carbonyl (C=O) groups excluding carboxylic acids is 1. The lowest BCUT2D eigenvalue weighted by atomic mass is 10.2. The van der Waals surface area contributed by atoms with Crippen LogP contribution in [0.3, 0.4) is 0 Å². The summed E-state index contributed by atoms with van der Waals surface area (Å²) in [6, 6.07) is 6.45. The Morgan fingerprint density at radius 3 is 2.73 bits per heavy atom. The maximum Gasteiger partial charge on any atom is 0.236 e. The van der Waals surface area contributed by atoms with Crippen LogP contribution in [0, 0.1) is 19.7 Å². The fraction of sp³-hybridized carbons (Fsp3) is 0.294. The highest BCUT2D eigenvalue weighted by molar-refractivity contribution is 7.99. The number of anilines is 1. The van der Waals surface area contributed by atoms with Gasteiger partial charge in [-0.05, 0) is 32.9 Å². The minimum Gasteiger partial charge on any atom is -0.302 e. The number of hydrogen-bond donors (Lipinski definition) is 1. The van der Waals surface area contributed by atoms with E-state index in [0.29, 0.717) is 28.2 Å². The highest BCUT2D eigenvalue weighted by atomic mass is 32.2. The molecule has 3 rings (SSSR count). The number of aryl methyl sites for hydroxylation is 2. The fourth-order valence-electron chi connectivity index (χ4n) is 2.33. The number of halogens is 1. The lowest BCUT2D eigenvalue weighted by Crippen LogP contribution is -2.14. The zero-order valence-corrected chi connectivity index (χ0v) is 16.2. The van der Waals surface area contributed by atoms with Gasteiger partial charge in [0.05, 0.1) is 17.0 Å². The van der Waals surface area contributed by atoms with Crippen molar-refractivity contribution in [2.24, 2.45) is 0 Å². The van der Waals surface area contributed by atoms with E-state index in [1.165, 1.54) is 29.2 Å². The third-order valence-electron chi connectivity index (χ3n) is 3.76. The number of nitrogens with zero attached hydrogens (tertiary/aromatic N) is 4. The molecule has 3 aromatic rings. The third kappa shape index (κ3) is 3.94. The zero-order valence-electron chi connectivity index (χ0n) is 14.6. The van der Waals surface area contributed by atoms with Crippen molar-refractivity contribution in [3.63, 3.8) is 0 Å². The summed E-state index contributed by atoms with van der Waals surface area (Å²) >= 11 is 2.71. The van der Waals surface area contributed by atoms with Crippen LogP contribution in [0.5, 0.6) is 0 Å². The van der Waals surface area contributed by atoms with Crippen molar-refractivity contribution in [2.75, 3.05) is 11.1 Å². The van der Waals surface area contributed by atoms with Gasteiger partial charge >= 0.3 is 0 Å². The molecule has 2 heterocycles. The van der Waals surface area contributed by atoms with Crippen LogP contribution in [-0.4, -0.2) is 31.4 Å². The molecule has 0 unspecified atom stereocenters. The molecule has 0 bridgehead atoms. The first kappa shape index (κ1) is 18.5. The van der Waals surface area contributed by atoms with E-state index in [1.54, 1.807) is 22.8 Å². The van der Waals surface area contributed by atoms with E-state index in [-0.39, 0.29) is 17.5 Å². The van der Waals surface area contributed by atoms with Crippen LogP contribution in [-0.2, 0) is 11.3 Å². The van der Waals surface area contributed by atoms with Crippen LogP contribution in [0.1, 0.15) is 17.5 Å². The molecule has 136 valence electrons. The number of thiazole rings is 1. The van der Waals surface area contributed by atoms with Crippen LogP contribution in [0.15, 0.2) is 29.4 Å². The molecule has 0 atom stereocenters. The quantitative estimate of drug-likeness (QED) is 0.645. The van der Waals surface area contributed by atoms with Crippen molar-refractivity contribution in [1.82, 2.24) is 19.7 Å². The Hall–Kier alpha value is -2.26. The molecule has 0 fully saturated rings. The van der Waals surface area contributed by atoms with Crippen LogP contribution in [0.2, 0.25) is 0 Å². The molecule has 1 amide bonds. The number of thioether (sulfide) groups is 1. The van der Waals surface area contributed by atoms with Crippen molar-refractivity contribution in [3.05, 3.63) is 40.7 Å². The van der Waals surface area contributed by atoms with Gasteiger partial charge < -0.3 is 9.88 Å². The van der Waals surface area contributed by atoms with Gasteiger partial charge in [-0.1, -0.05) is 23.9 Å². The number of nitrogens with one attached hydrogen (secondary N) is 1. The first-order chi connectivity index (χ1) is 12.5. The molecule has 0 radical (unpaired) electrons. The lowest BCUT2D eigenvalue weighted by Gasteiger charge is -2.07. The van der Waals surface area contributed by atoms with Crippen LogP contribution >= 0.6 is 23.1 Å². The summed E-state index contributed by atoms with van der Waals surface area (Å²) in [4.78, 5) is 17.5. The van der Waals surface area contributed by atoms with Gasteiger partial charge in [0, 0.05) is 11.4 Å². The van der Waals surface area contributed by atoms with Gasteiger partial charge in [0.2, 0.25) is 5.91 Å². The molecule has 26 heavy (non-hydrogen) atoms. The van der Waals surface area contributed by atoms with E-state index in [2.05, 4.69) is 20.5 Å². The summed E-state index contributed by atoms with van der Waals surface area (Å²) in [5.74, 6) is 0.118. The Morgan fingerprint density at radius 2 is 2.08 bits per heavy atom. The largest absolute Gasteiger partial charge is 0.302 e. The second kappa shape index (κ2) is 7.96.